The molecule has 0 amide bonds. The second-order valence-corrected chi connectivity index (χ2v) is 20.1. The lowest BCUT2D eigenvalue weighted by Gasteiger charge is -2.21. The molecule has 12 heteroatoms. The minimum absolute atomic E-state index is 0.118. The van der Waals surface area contributed by atoms with E-state index in [1.165, 1.54) is 38.5 Å². The van der Waals surface area contributed by atoms with Crippen molar-refractivity contribution in [1.82, 2.24) is 0 Å². The third kappa shape index (κ3) is 53.0. The zero-order valence-electron chi connectivity index (χ0n) is 46.5. The molecular weight excluding hydrogens is 952 g/mol. The summed E-state index contributed by atoms with van der Waals surface area (Å²) >= 11 is 0. The highest BCUT2D eigenvalue weighted by Crippen LogP contribution is 2.43. The predicted molar refractivity (Wildman–Crippen MR) is 307 cm³/mol. The van der Waals surface area contributed by atoms with Gasteiger partial charge >= 0.3 is 25.7 Å². The van der Waals surface area contributed by atoms with Crippen molar-refractivity contribution < 1.29 is 52.2 Å². The van der Waals surface area contributed by atoms with E-state index >= 15 is 0 Å². The van der Waals surface area contributed by atoms with E-state index in [0.717, 1.165) is 128 Å². The van der Waals surface area contributed by atoms with E-state index in [1.807, 2.05) is 0 Å². The lowest BCUT2D eigenvalue weighted by molar-refractivity contribution is -0.161. The molecule has 0 aromatic rings. The first-order chi connectivity index (χ1) is 36.2. The fraction of sp³-hybridized carbons (Fsp3) is 0.661. The Kier molecular flexibility index (Phi) is 52.5. The number of aliphatic hydroxyl groups excluding tert-OH is 1. The van der Waals surface area contributed by atoms with Crippen LogP contribution in [-0.2, 0) is 42.2 Å². The molecule has 0 saturated heterocycles. The maximum Gasteiger partial charge on any atom is 0.472 e. The molecule has 0 aliphatic carbocycles. The van der Waals surface area contributed by atoms with Gasteiger partial charge in [0, 0.05) is 19.3 Å². The van der Waals surface area contributed by atoms with Gasteiger partial charge in [0.05, 0.1) is 19.8 Å². The number of hydrogen-bond acceptors (Lipinski definition) is 10. The Bertz CT molecular complexity index is 1660. The number of ether oxygens (including phenoxy) is 3. The van der Waals surface area contributed by atoms with Crippen molar-refractivity contribution in [3.05, 3.63) is 109 Å². The smallest absolute Gasteiger partial charge is 0.462 e. The Morgan fingerprint density at radius 3 is 1.11 bits per heavy atom. The van der Waals surface area contributed by atoms with Gasteiger partial charge in [0.25, 0.3) is 0 Å². The largest absolute Gasteiger partial charge is 0.472 e. The van der Waals surface area contributed by atoms with Gasteiger partial charge in [-0.15, -0.1) is 0 Å². The molecule has 0 bridgehead atoms. The number of aliphatic hydroxyl groups is 1. The number of phosphoric ester groups is 1. The highest BCUT2D eigenvalue weighted by atomic mass is 31.2. The van der Waals surface area contributed by atoms with Gasteiger partial charge in [0.2, 0.25) is 0 Å². The number of phosphoric acid groups is 1. The lowest BCUT2D eigenvalue weighted by atomic mass is 10.1. The van der Waals surface area contributed by atoms with E-state index in [-0.39, 0.29) is 25.9 Å². The van der Waals surface area contributed by atoms with Crippen LogP contribution in [0.1, 0.15) is 226 Å². The zero-order valence-corrected chi connectivity index (χ0v) is 47.4. The maximum atomic E-state index is 12.9. The summed E-state index contributed by atoms with van der Waals surface area (Å²) in [7, 11) is -4.77. The fourth-order valence-corrected chi connectivity index (χ4v) is 8.12. The summed E-state index contributed by atoms with van der Waals surface area (Å²) in [6.45, 7) is 4.31. The van der Waals surface area contributed by atoms with E-state index in [9.17, 15) is 28.9 Å². The van der Waals surface area contributed by atoms with Crippen LogP contribution in [0.5, 0.6) is 0 Å². The maximum absolute atomic E-state index is 12.9. The highest BCUT2D eigenvalue weighted by molar-refractivity contribution is 7.47. The molecule has 3 atom stereocenters. The summed E-state index contributed by atoms with van der Waals surface area (Å²) in [5, 5.41) is 9.81. The topological polar surface area (TPSA) is 155 Å². The van der Waals surface area contributed by atoms with E-state index in [2.05, 4.69) is 130 Å². The average Bonchev–Trinajstić information content (AvgIpc) is 3.39. The zero-order chi connectivity index (χ0) is 54.1. The summed E-state index contributed by atoms with van der Waals surface area (Å²) in [6, 6.07) is 0. The monoisotopic (exact) mass is 1050 g/mol. The number of hydrogen-bond donors (Lipinski definition) is 2. The van der Waals surface area contributed by atoms with Gasteiger partial charge in [-0.25, -0.2) is 4.57 Å². The standard InChI is InChI=1S/C62H103O11P/c1-4-7-10-13-16-19-22-25-28-29-32-35-38-41-44-47-50-53-62(66)73-59(55-69-60(64)51-48-45-42-39-36-33-30-26-23-20-17-14-11-8-5-2)57-71-74(67,68)70-56-58(54-63)72-61(65)52-49-46-43-40-37-34-31-27-24-21-18-15-12-9-6-3/h8-9,11-12,16-21,25-28,30-31,37,40,58-59,63H,4-7,10,13-15,22-24,29,32-36,38-39,41-57H2,1-3H3,(H,67,68)/b11-8-,12-9-,19-16-,20-17-,21-18-,28-25-,30-26-,31-27-,40-37-. The molecule has 2 N–H and O–H groups in total. The molecule has 422 valence electrons. The number of carbonyl (C=O) groups excluding carboxylic acids is 3. The fourth-order valence-electron chi connectivity index (χ4n) is 7.33. The Morgan fingerprint density at radius 2 is 0.703 bits per heavy atom. The molecule has 0 rings (SSSR count). The first-order valence-corrected chi connectivity index (χ1v) is 30.3. The van der Waals surface area contributed by atoms with Crippen molar-refractivity contribution >= 4 is 25.7 Å². The minimum Gasteiger partial charge on any atom is -0.462 e. The highest BCUT2D eigenvalue weighted by Gasteiger charge is 2.28. The van der Waals surface area contributed by atoms with E-state index in [1.54, 1.807) is 0 Å². The Labute approximate surface area is 450 Å². The third-order valence-corrected chi connectivity index (χ3v) is 12.6. The summed E-state index contributed by atoms with van der Waals surface area (Å²) in [6.07, 6.45) is 66.2. The number of unbranched alkanes of at least 4 members (excludes halogenated alkanes) is 17. The molecule has 0 fully saturated rings. The second-order valence-electron chi connectivity index (χ2n) is 18.7. The Hall–Kier alpha value is -3.86. The van der Waals surface area contributed by atoms with Crippen LogP contribution in [0.25, 0.3) is 0 Å². The van der Waals surface area contributed by atoms with Crippen molar-refractivity contribution in [3.8, 4) is 0 Å². The molecule has 0 radical (unpaired) electrons. The van der Waals surface area contributed by atoms with Crippen LogP contribution in [0.3, 0.4) is 0 Å². The van der Waals surface area contributed by atoms with E-state index in [4.69, 9.17) is 23.3 Å². The molecule has 0 aromatic heterocycles. The van der Waals surface area contributed by atoms with Crippen LogP contribution >= 0.6 is 7.82 Å². The average molecular weight is 1060 g/mol. The van der Waals surface area contributed by atoms with Crippen LogP contribution in [0, 0.1) is 0 Å². The molecule has 74 heavy (non-hydrogen) atoms. The van der Waals surface area contributed by atoms with Gasteiger partial charge in [-0.1, -0.05) is 194 Å². The first kappa shape index (κ1) is 70.1. The van der Waals surface area contributed by atoms with Crippen LogP contribution in [0.4, 0.5) is 0 Å². The Balaban J connectivity index is 4.81. The Morgan fingerprint density at radius 1 is 0.392 bits per heavy atom. The molecule has 0 aliphatic heterocycles. The number of rotatable bonds is 52. The molecule has 0 aromatic carbocycles. The third-order valence-electron chi connectivity index (χ3n) is 11.7. The summed E-state index contributed by atoms with van der Waals surface area (Å²) < 4.78 is 39.5. The van der Waals surface area contributed by atoms with Gasteiger partial charge in [0.1, 0.15) is 12.7 Å². The lowest BCUT2D eigenvalue weighted by Crippen LogP contribution is -2.30. The first-order valence-electron chi connectivity index (χ1n) is 28.8. The summed E-state index contributed by atoms with van der Waals surface area (Å²) in [5.74, 6) is -1.55. The molecule has 3 unspecified atom stereocenters. The van der Waals surface area contributed by atoms with Crippen molar-refractivity contribution in [2.45, 2.75) is 238 Å². The number of allylic oxidation sites excluding steroid dienone is 18. The van der Waals surface area contributed by atoms with Crippen molar-refractivity contribution in [2.75, 3.05) is 26.4 Å². The van der Waals surface area contributed by atoms with Crippen LogP contribution < -0.4 is 0 Å². The van der Waals surface area contributed by atoms with Gasteiger partial charge in [-0.3, -0.25) is 23.4 Å². The van der Waals surface area contributed by atoms with Crippen LogP contribution in [0.2, 0.25) is 0 Å². The van der Waals surface area contributed by atoms with Gasteiger partial charge in [-0.2, -0.15) is 0 Å². The second kappa shape index (κ2) is 55.4. The van der Waals surface area contributed by atoms with Crippen LogP contribution in [-0.4, -0.2) is 66.5 Å². The van der Waals surface area contributed by atoms with E-state index in [0.29, 0.717) is 19.3 Å². The SMILES string of the molecule is CC/C=C\C/C=C\C/C=C\C/C=C\CCCCC(=O)OC(CO)COP(=O)(O)OCC(COC(=O)CCCCCCC/C=C\C/C=C\C/C=C\CC)OC(=O)CCCCCCCCC/C=C\C/C=C\CCCCC. The summed E-state index contributed by atoms with van der Waals surface area (Å²) in [4.78, 5) is 48.5. The van der Waals surface area contributed by atoms with Gasteiger partial charge in [0.15, 0.2) is 6.10 Å². The van der Waals surface area contributed by atoms with Crippen molar-refractivity contribution in [1.29, 1.82) is 0 Å². The summed E-state index contributed by atoms with van der Waals surface area (Å²) in [5.41, 5.74) is 0. The van der Waals surface area contributed by atoms with Crippen LogP contribution in [0.15, 0.2) is 109 Å². The molecule has 11 nitrogen and oxygen atoms in total. The number of carbonyl (C=O) groups is 3. The molecule has 0 heterocycles. The van der Waals surface area contributed by atoms with Crippen molar-refractivity contribution in [2.24, 2.45) is 0 Å². The number of esters is 3. The van der Waals surface area contributed by atoms with E-state index < -0.39 is 57.8 Å². The normalized spacial score (nSPS) is 14.2. The van der Waals surface area contributed by atoms with Gasteiger partial charge in [-0.05, 0) is 122 Å². The van der Waals surface area contributed by atoms with Crippen molar-refractivity contribution in [3.63, 3.8) is 0 Å². The van der Waals surface area contributed by atoms with Gasteiger partial charge < -0.3 is 24.2 Å². The molecule has 0 spiro atoms. The minimum atomic E-state index is -4.77. The molecule has 0 aliphatic rings. The quantitative estimate of drug-likeness (QED) is 0.0197. The predicted octanol–water partition coefficient (Wildman–Crippen LogP) is 17.0. The molecular formula is C62H103O11P. The molecule has 0 saturated carbocycles.